The van der Waals surface area contributed by atoms with Crippen molar-refractivity contribution in [2.24, 2.45) is 0 Å². The summed E-state index contributed by atoms with van der Waals surface area (Å²) in [5.74, 6) is 0.197. The molecule has 2 aliphatic heterocycles. The molecule has 1 atom stereocenters. The zero-order chi connectivity index (χ0) is 13.0. The number of nitrogens with zero attached hydrogens (tertiary/aromatic N) is 2. The summed E-state index contributed by atoms with van der Waals surface area (Å²) in [4.78, 5) is 27.4. The number of urea groups is 1. The van der Waals surface area contributed by atoms with Crippen molar-refractivity contribution in [2.75, 3.05) is 39.3 Å². The van der Waals surface area contributed by atoms with Gasteiger partial charge in [-0.25, -0.2) is 4.79 Å². The van der Waals surface area contributed by atoms with Gasteiger partial charge in [-0.3, -0.25) is 4.79 Å². The maximum Gasteiger partial charge on any atom is 0.317 e. The number of piperazine rings is 1. The van der Waals surface area contributed by atoms with E-state index in [9.17, 15) is 9.59 Å². The second kappa shape index (κ2) is 7.55. The van der Waals surface area contributed by atoms with Crippen LogP contribution in [0.4, 0.5) is 4.79 Å². The summed E-state index contributed by atoms with van der Waals surface area (Å²) in [5, 5.41) is 6.01. The van der Waals surface area contributed by atoms with Crippen molar-refractivity contribution in [3.05, 3.63) is 0 Å². The van der Waals surface area contributed by atoms with E-state index in [2.05, 4.69) is 10.6 Å². The number of amides is 3. The maximum atomic E-state index is 12.1. The highest BCUT2D eigenvalue weighted by Crippen LogP contribution is 2.11. The molecule has 0 spiro atoms. The Balaban J connectivity index is 0.00000180. The first-order chi connectivity index (χ1) is 8.72. The van der Waals surface area contributed by atoms with Crippen LogP contribution in [0.1, 0.15) is 19.8 Å². The predicted molar refractivity (Wildman–Crippen MR) is 75.5 cm³/mol. The van der Waals surface area contributed by atoms with Gasteiger partial charge < -0.3 is 20.4 Å². The monoisotopic (exact) mass is 290 g/mol. The van der Waals surface area contributed by atoms with E-state index >= 15 is 0 Å². The number of nitrogens with one attached hydrogen (secondary N) is 2. The lowest BCUT2D eigenvalue weighted by Crippen LogP contribution is -2.55. The molecule has 0 unspecified atom stereocenters. The Morgan fingerprint density at radius 2 is 1.84 bits per heavy atom. The van der Waals surface area contributed by atoms with Crippen LogP contribution in [0.5, 0.6) is 0 Å². The molecule has 0 saturated carbocycles. The van der Waals surface area contributed by atoms with E-state index < -0.39 is 0 Å². The minimum Gasteiger partial charge on any atom is -0.338 e. The molecule has 0 aliphatic carbocycles. The molecule has 2 rings (SSSR count). The Morgan fingerprint density at radius 3 is 2.37 bits per heavy atom. The molecule has 6 nitrogen and oxygen atoms in total. The number of halogens is 1. The average Bonchev–Trinajstić information content (AvgIpc) is 2.92. The van der Waals surface area contributed by atoms with E-state index in [1.807, 2.05) is 11.8 Å². The quantitative estimate of drug-likeness (QED) is 0.754. The number of carbonyl (C=O) groups is 2. The van der Waals surface area contributed by atoms with E-state index in [1.54, 1.807) is 4.90 Å². The van der Waals surface area contributed by atoms with E-state index in [1.165, 1.54) is 0 Å². The van der Waals surface area contributed by atoms with Gasteiger partial charge in [0.1, 0.15) is 0 Å². The molecule has 0 aromatic rings. The van der Waals surface area contributed by atoms with Gasteiger partial charge in [-0.1, -0.05) is 0 Å². The molecule has 7 heteroatoms. The number of rotatable bonds is 2. The van der Waals surface area contributed by atoms with Gasteiger partial charge in [0.05, 0.1) is 6.04 Å². The Hall–Kier alpha value is -1.01. The van der Waals surface area contributed by atoms with Gasteiger partial charge >= 0.3 is 6.03 Å². The molecule has 0 bridgehead atoms. The van der Waals surface area contributed by atoms with Crippen molar-refractivity contribution in [2.45, 2.75) is 25.8 Å². The summed E-state index contributed by atoms with van der Waals surface area (Å²) in [7, 11) is 0. The van der Waals surface area contributed by atoms with Gasteiger partial charge in [-0.15, -0.1) is 12.4 Å². The lowest BCUT2D eigenvalue weighted by Gasteiger charge is -2.35. The van der Waals surface area contributed by atoms with Crippen LogP contribution in [-0.4, -0.2) is 67.0 Å². The average molecular weight is 291 g/mol. The van der Waals surface area contributed by atoms with E-state index in [-0.39, 0.29) is 30.4 Å². The standard InChI is InChI=1S/C12H22N4O2.ClH/c1-2-13-12(18)16-8-6-15(7-9-16)11(17)10-4-3-5-14-10;/h10,14H,2-9H2,1H3,(H,13,18);1H/t10-;/m0./s1. The molecule has 2 fully saturated rings. The minimum atomic E-state index is -0.0245. The van der Waals surface area contributed by atoms with E-state index in [0.717, 1.165) is 19.4 Å². The molecule has 2 heterocycles. The van der Waals surface area contributed by atoms with Crippen LogP contribution < -0.4 is 10.6 Å². The topological polar surface area (TPSA) is 64.7 Å². The summed E-state index contributed by atoms with van der Waals surface area (Å²) < 4.78 is 0. The fourth-order valence-electron chi connectivity index (χ4n) is 2.51. The summed E-state index contributed by atoms with van der Waals surface area (Å²) >= 11 is 0. The van der Waals surface area contributed by atoms with Gasteiger partial charge in [-0.2, -0.15) is 0 Å². The highest BCUT2D eigenvalue weighted by atomic mass is 35.5. The van der Waals surface area contributed by atoms with Crippen molar-refractivity contribution in [1.82, 2.24) is 20.4 Å². The molecule has 2 N–H and O–H groups in total. The van der Waals surface area contributed by atoms with Crippen molar-refractivity contribution < 1.29 is 9.59 Å². The summed E-state index contributed by atoms with van der Waals surface area (Å²) in [6, 6.07) is -0.0235. The number of hydrogen-bond donors (Lipinski definition) is 2. The van der Waals surface area contributed by atoms with Gasteiger partial charge in [-0.05, 0) is 26.3 Å². The van der Waals surface area contributed by atoms with Crippen LogP contribution >= 0.6 is 12.4 Å². The first kappa shape index (κ1) is 16.0. The van der Waals surface area contributed by atoms with Crippen LogP contribution in [-0.2, 0) is 4.79 Å². The second-order valence-corrected chi connectivity index (χ2v) is 4.80. The van der Waals surface area contributed by atoms with Gasteiger partial charge in [0.15, 0.2) is 0 Å². The third-order valence-electron chi connectivity index (χ3n) is 3.56. The number of hydrogen-bond acceptors (Lipinski definition) is 3. The highest BCUT2D eigenvalue weighted by molar-refractivity contribution is 5.85. The lowest BCUT2D eigenvalue weighted by atomic mass is 10.2. The molecule has 0 aromatic carbocycles. The van der Waals surface area contributed by atoms with Gasteiger partial charge in [0.25, 0.3) is 0 Å². The normalized spacial score (nSPS) is 22.9. The highest BCUT2D eigenvalue weighted by Gasteiger charge is 2.30. The molecule has 19 heavy (non-hydrogen) atoms. The lowest BCUT2D eigenvalue weighted by molar-refractivity contribution is -0.134. The largest absolute Gasteiger partial charge is 0.338 e. The predicted octanol–water partition coefficient (Wildman–Crippen LogP) is 0.0339. The minimum absolute atomic E-state index is 0. The SMILES string of the molecule is CCNC(=O)N1CCN(C(=O)[C@@H]2CCCN2)CC1.Cl. The van der Waals surface area contributed by atoms with E-state index in [0.29, 0.717) is 32.7 Å². The maximum absolute atomic E-state index is 12.1. The smallest absolute Gasteiger partial charge is 0.317 e. The fourth-order valence-corrected chi connectivity index (χ4v) is 2.51. The van der Waals surface area contributed by atoms with Gasteiger partial charge in [0, 0.05) is 32.7 Å². The Kier molecular flexibility index (Phi) is 6.37. The van der Waals surface area contributed by atoms with Crippen molar-refractivity contribution in [1.29, 1.82) is 0 Å². The van der Waals surface area contributed by atoms with Crippen LogP contribution in [0, 0.1) is 0 Å². The molecule has 2 aliphatic rings. The van der Waals surface area contributed by atoms with Crippen LogP contribution in [0.2, 0.25) is 0 Å². The summed E-state index contributed by atoms with van der Waals surface area (Å²) in [6.45, 7) is 6.04. The Bertz CT molecular complexity index is 313. The van der Waals surface area contributed by atoms with Crippen LogP contribution in [0.3, 0.4) is 0 Å². The van der Waals surface area contributed by atoms with E-state index in [4.69, 9.17) is 0 Å². The second-order valence-electron chi connectivity index (χ2n) is 4.80. The third-order valence-corrected chi connectivity index (χ3v) is 3.56. The summed E-state index contributed by atoms with van der Waals surface area (Å²) in [6.07, 6.45) is 2.02. The molecule has 3 amide bonds. The van der Waals surface area contributed by atoms with Gasteiger partial charge in [0.2, 0.25) is 5.91 Å². The fraction of sp³-hybridized carbons (Fsp3) is 0.833. The molecular weight excluding hydrogens is 268 g/mol. The molecule has 2 saturated heterocycles. The first-order valence-electron chi connectivity index (χ1n) is 6.77. The van der Waals surface area contributed by atoms with Crippen molar-refractivity contribution >= 4 is 24.3 Å². The van der Waals surface area contributed by atoms with Crippen molar-refractivity contribution in [3.63, 3.8) is 0 Å². The molecule has 110 valence electrons. The molecular formula is C12H23ClN4O2. The summed E-state index contributed by atoms with van der Waals surface area (Å²) in [5.41, 5.74) is 0. The Labute approximate surface area is 120 Å². The Morgan fingerprint density at radius 1 is 1.21 bits per heavy atom. The molecule has 0 radical (unpaired) electrons. The third kappa shape index (κ3) is 3.98. The zero-order valence-electron chi connectivity index (χ0n) is 11.4. The van der Waals surface area contributed by atoms with Crippen LogP contribution in [0.15, 0.2) is 0 Å². The number of carbonyl (C=O) groups excluding carboxylic acids is 2. The zero-order valence-corrected chi connectivity index (χ0v) is 12.2. The first-order valence-corrected chi connectivity index (χ1v) is 6.77. The van der Waals surface area contributed by atoms with Crippen LogP contribution in [0.25, 0.3) is 0 Å². The van der Waals surface area contributed by atoms with Crippen molar-refractivity contribution in [3.8, 4) is 0 Å². The molecule has 0 aromatic heterocycles.